The zero-order valence-corrected chi connectivity index (χ0v) is 10.6. The third-order valence-electron chi connectivity index (χ3n) is 4.43. The average Bonchev–Trinajstić information content (AvgIpc) is 2.87. The number of fused-ring (bicyclic) bond motifs is 1. The normalized spacial score (nSPS) is 29.4. The molecule has 3 unspecified atom stereocenters. The van der Waals surface area contributed by atoms with Crippen molar-refractivity contribution >= 4 is 0 Å². The van der Waals surface area contributed by atoms with Crippen LogP contribution in [0, 0.1) is 11.8 Å². The number of aromatic hydroxyl groups is 2. The molecule has 2 aliphatic rings. The Morgan fingerprint density at radius 2 is 1.89 bits per heavy atom. The Balaban J connectivity index is 1.76. The second-order valence-corrected chi connectivity index (χ2v) is 5.55. The molecule has 4 nitrogen and oxygen atoms in total. The Kier molecular flexibility index (Phi) is 2.92. The summed E-state index contributed by atoms with van der Waals surface area (Å²) in [4.78, 5) is 2.43. The lowest BCUT2D eigenvalue weighted by atomic mass is 10.0. The van der Waals surface area contributed by atoms with Crippen molar-refractivity contribution < 1.29 is 10.2 Å². The molecule has 4 heteroatoms. The highest BCUT2D eigenvalue weighted by Gasteiger charge is 2.38. The number of phenols is 2. The highest BCUT2D eigenvalue weighted by molar-refractivity contribution is 5.40. The van der Waals surface area contributed by atoms with E-state index in [0.29, 0.717) is 0 Å². The maximum Gasteiger partial charge on any atom is 0.124 e. The second kappa shape index (κ2) is 4.44. The minimum atomic E-state index is 0.117. The molecule has 0 aromatic heterocycles. The van der Waals surface area contributed by atoms with Gasteiger partial charge in [-0.2, -0.15) is 0 Å². The summed E-state index contributed by atoms with van der Waals surface area (Å²) in [7, 11) is 0. The first-order chi connectivity index (χ1) is 8.65. The quantitative estimate of drug-likeness (QED) is 0.738. The van der Waals surface area contributed by atoms with E-state index in [1.54, 1.807) is 6.07 Å². The van der Waals surface area contributed by atoms with Gasteiger partial charge in [-0.25, -0.2) is 0 Å². The predicted octanol–water partition coefficient (Wildman–Crippen LogP) is 1.31. The molecule has 2 saturated heterocycles. The Morgan fingerprint density at radius 3 is 2.50 bits per heavy atom. The molecular formula is C14H20N2O2. The molecule has 0 spiro atoms. The molecule has 0 aliphatic carbocycles. The van der Waals surface area contributed by atoms with Gasteiger partial charge in [-0.05, 0) is 37.9 Å². The van der Waals surface area contributed by atoms with E-state index in [9.17, 15) is 10.2 Å². The summed E-state index contributed by atoms with van der Waals surface area (Å²) in [6, 6.07) is 5.09. The summed E-state index contributed by atoms with van der Waals surface area (Å²) >= 11 is 0. The first-order valence-electron chi connectivity index (χ1n) is 6.62. The van der Waals surface area contributed by atoms with Gasteiger partial charge in [0, 0.05) is 30.8 Å². The van der Waals surface area contributed by atoms with E-state index in [2.05, 4.69) is 17.1 Å². The molecule has 18 heavy (non-hydrogen) atoms. The largest absolute Gasteiger partial charge is 0.508 e. The number of rotatable bonds is 2. The summed E-state index contributed by atoms with van der Waals surface area (Å²) in [5.41, 5.74) is 0.903. The van der Waals surface area contributed by atoms with Gasteiger partial charge in [-0.1, -0.05) is 6.07 Å². The van der Waals surface area contributed by atoms with Crippen LogP contribution in [-0.4, -0.2) is 41.3 Å². The molecule has 98 valence electrons. The minimum Gasteiger partial charge on any atom is -0.508 e. The lowest BCUT2D eigenvalue weighted by Crippen LogP contribution is -2.28. The van der Waals surface area contributed by atoms with Crippen LogP contribution in [0.5, 0.6) is 11.5 Å². The zero-order valence-electron chi connectivity index (χ0n) is 10.6. The highest BCUT2D eigenvalue weighted by atomic mass is 16.3. The minimum absolute atomic E-state index is 0.117. The molecule has 1 aromatic rings. The molecule has 0 saturated carbocycles. The van der Waals surface area contributed by atoms with Crippen molar-refractivity contribution in [1.82, 2.24) is 10.2 Å². The van der Waals surface area contributed by atoms with Crippen LogP contribution in [0.2, 0.25) is 0 Å². The fourth-order valence-electron chi connectivity index (χ4n) is 3.29. The molecule has 3 atom stereocenters. The van der Waals surface area contributed by atoms with Crippen LogP contribution in [0.3, 0.4) is 0 Å². The molecule has 3 N–H and O–H groups in total. The fraction of sp³-hybridized carbons (Fsp3) is 0.571. The first kappa shape index (κ1) is 11.8. The number of nitrogens with one attached hydrogen (secondary N) is 1. The van der Waals surface area contributed by atoms with Crippen LogP contribution in [0.25, 0.3) is 0 Å². The van der Waals surface area contributed by atoms with Crippen LogP contribution in [-0.2, 0) is 0 Å². The van der Waals surface area contributed by atoms with Crippen molar-refractivity contribution in [2.45, 2.75) is 13.0 Å². The summed E-state index contributed by atoms with van der Waals surface area (Å²) in [5, 5.41) is 22.7. The summed E-state index contributed by atoms with van der Waals surface area (Å²) in [5.74, 6) is 1.82. The third-order valence-corrected chi connectivity index (χ3v) is 4.43. The van der Waals surface area contributed by atoms with E-state index in [4.69, 9.17) is 0 Å². The lowest BCUT2D eigenvalue weighted by molar-refractivity contribution is 0.239. The number of hydrogen-bond donors (Lipinski definition) is 3. The highest BCUT2D eigenvalue weighted by Crippen LogP contribution is 2.36. The van der Waals surface area contributed by atoms with E-state index in [1.807, 2.05) is 6.07 Å². The second-order valence-electron chi connectivity index (χ2n) is 5.55. The van der Waals surface area contributed by atoms with Gasteiger partial charge in [0.1, 0.15) is 11.5 Å². The molecule has 2 heterocycles. The van der Waals surface area contributed by atoms with Gasteiger partial charge in [0.15, 0.2) is 0 Å². The van der Waals surface area contributed by atoms with Crippen molar-refractivity contribution in [2.75, 3.05) is 26.2 Å². The molecule has 2 aliphatic heterocycles. The molecule has 0 amide bonds. The van der Waals surface area contributed by atoms with Gasteiger partial charge < -0.3 is 15.5 Å². The predicted molar refractivity (Wildman–Crippen MR) is 69.6 cm³/mol. The van der Waals surface area contributed by atoms with Gasteiger partial charge >= 0.3 is 0 Å². The van der Waals surface area contributed by atoms with E-state index in [0.717, 1.165) is 43.6 Å². The first-order valence-corrected chi connectivity index (χ1v) is 6.62. The number of hydrogen-bond acceptors (Lipinski definition) is 4. The Hall–Kier alpha value is -1.26. The Morgan fingerprint density at radius 1 is 1.22 bits per heavy atom. The summed E-state index contributed by atoms with van der Waals surface area (Å²) in [6.45, 7) is 6.56. The van der Waals surface area contributed by atoms with Crippen molar-refractivity contribution in [3.8, 4) is 11.5 Å². The van der Waals surface area contributed by atoms with Gasteiger partial charge in [0.25, 0.3) is 0 Å². The smallest absolute Gasteiger partial charge is 0.124 e. The van der Waals surface area contributed by atoms with Crippen LogP contribution in [0.15, 0.2) is 18.2 Å². The van der Waals surface area contributed by atoms with E-state index < -0.39 is 0 Å². The van der Waals surface area contributed by atoms with Gasteiger partial charge in [0.05, 0.1) is 0 Å². The van der Waals surface area contributed by atoms with E-state index >= 15 is 0 Å². The summed E-state index contributed by atoms with van der Waals surface area (Å²) in [6.07, 6.45) is 0. The van der Waals surface area contributed by atoms with Crippen LogP contribution in [0.4, 0.5) is 0 Å². The van der Waals surface area contributed by atoms with Crippen LogP contribution in [0.1, 0.15) is 18.5 Å². The standard InChI is InChI=1S/C14H20N2O2/c1-9(13-3-2-12(17)4-14(13)18)16-7-10-5-15-6-11(10)8-16/h2-4,9-11,15,17-18H,5-8H2,1H3. The number of benzene rings is 1. The lowest BCUT2D eigenvalue weighted by Gasteiger charge is -2.26. The van der Waals surface area contributed by atoms with E-state index in [1.165, 1.54) is 6.07 Å². The Bertz CT molecular complexity index is 437. The average molecular weight is 248 g/mol. The monoisotopic (exact) mass is 248 g/mol. The maximum absolute atomic E-state index is 9.93. The van der Waals surface area contributed by atoms with Gasteiger partial charge in [-0.3, -0.25) is 4.90 Å². The Labute approximate surface area is 107 Å². The van der Waals surface area contributed by atoms with Gasteiger partial charge in [-0.15, -0.1) is 0 Å². The number of phenolic OH excluding ortho intramolecular Hbond substituents is 2. The molecule has 1 aromatic carbocycles. The van der Waals surface area contributed by atoms with Crippen LogP contribution < -0.4 is 5.32 Å². The van der Waals surface area contributed by atoms with Crippen molar-refractivity contribution in [1.29, 1.82) is 0 Å². The topological polar surface area (TPSA) is 55.7 Å². The fourth-order valence-corrected chi connectivity index (χ4v) is 3.29. The molecule has 2 fully saturated rings. The molecule has 0 radical (unpaired) electrons. The third kappa shape index (κ3) is 1.95. The number of likely N-dealkylation sites (tertiary alicyclic amines) is 1. The van der Waals surface area contributed by atoms with Crippen molar-refractivity contribution in [3.63, 3.8) is 0 Å². The number of nitrogens with zero attached hydrogens (tertiary/aromatic N) is 1. The zero-order chi connectivity index (χ0) is 12.7. The SMILES string of the molecule is CC(c1ccc(O)cc1O)N1CC2CNCC2C1. The van der Waals surface area contributed by atoms with Crippen molar-refractivity contribution in [2.24, 2.45) is 11.8 Å². The van der Waals surface area contributed by atoms with Crippen LogP contribution >= 0.6 is 0 Å². The van der Waals surface area contributed by atoms with E-state index in [-0.39, 0.29) is 17.5 Å². The molecule has 0 bridgehead atoms. The molecule has 3 rings (SSSR count). The maximum atomic E-state index is 9.93. The summed E-state index contributed by atoms with van der Waals surface area (Å²) < 4.78 is 0. The van der Waals surface area contributed by atoms with Gasteiger partial charge in [0.2, 0.25) is 0 Å². The molecular weight excluding hydrogens is 228 g/mol. The van der Waals surface area contributed by atoms with Crippen molar-refractivity contribution in [3.05, 3.63) is 23.8 Å².